The van der Waals surface area contributed by atoms with Crippen molar-refractivity contribution in [2.75, 3.05) is 24.1 Å². The molecule has 0 bridgehead atoms. The minimum absolute atomic E-state index is 0.536. The number of hydrogen-bond donors (Lipinski definition) is 2. The van der Waals surface area contributed by atoms with Gasteiger partial charge in [0.1, 0.15) is 13.0 Å². The van der Waals surface area contributed by atoms with Crippen LogP contribution in [0.2, 0.25) is 0 Å². The van der Waals surface area contributed by atoms with E-state index >= 15 is 0 Å². The lowest BCUT2D eigenvalue weighted by Crippen LogP contribution is -2.06. The van der Waals surface area contributed by atoms with Crippen LogP contribution >= 0.6 is 0 Å². The first kappa shape index (κ1) is 27.1. The van der Waals surface area contributed by atoms with Gasteiger partial charge in [-0.1, -0.05) is 46.4 Å². The second-order valence-electron chi connectivity index (χ2n) is 5.92. The lowest BCUT2D eigenvalue weighted by atomic mass is 10.1. The van der Waals surface area contributed by atoms with Crippen molar-refractivity contribution >= 4 is 23.9 Å². The number of hydrazone groups is 1. The third kappa shape index (κ3) is 13.3. The number of nitrogens with zero attached hydrogens (tertiary/aromatic N) is 3. The van der Waals surface area contributed by atoms with Gasteiger partial charge in [-0.3, -0.25) is 14.9 Å². The molecule has 0 aliphatic carbocycles. The van der Waals surface area contributed by atoms with E-state index in [0.29, 0.717) is 13.0 Å². The Bertz CT molecular complexity index is 707. The topological polar surface area (TPSA) is 80.5 Å². The largest absolute Gasteiger partial charge is 0.363 e. The molecule has 0 unspecified atom stereocenters. The van der Waals surface area contributed by atoms with E-state index in [1.807, 2.05) is 43.1 Å². The van der Waals surface area contributed by atoms with Gasteiger partial charge in [0.05, 0.1) is 11.9 Å². The number of carbonyl (C=O) groups excluding carboxylic acids is 1. The highest BCUT2D eigenvalue weighted by atomic mass is 16.5. The maximum absolute atomic E-state index is 9.06. The second-order valence-corrected chi connectivity index (χ2v) is 5.92. The number of allylic oxidation sites excluding steroid dienone is 1. The Morgan fingerprint density at radius 3 is 2.67 bits per heavy atom. The van der Waals surface area contributed by atoms with Gasteiger partial charge < -0.3 is 10.1 Å². The van der Waals surface area contributed by atoms with Crippen molar-refractivity contribution in [1.29, 1.82) is 0 Å². The van der Waals surface area contributed by atoms with Crippen molar-refractivity contribution in [3.63, 3.8) is 0 Å². The van der Waals surface area contributed by atoms with Crippen LogP contribution in [0.1, 0.15) is 46.1 Å². The molecule has 2 rings (SSSR count). The fourth-order valence-electron chi connectivity index (χ4n) is 2.20. The van der Waals surface area contributed by atoms with E-state index in [-0.39, 0.29) is 0 Å². The van der Waals surface area contributed by atoms with E-state index in [2.05, 4.69) is 53.5 Å². The highest BCUT2D eigenvalue weighted by Crippen LogP contribution is 2.11. The number of nitrogens with one attached hydrogen (secondary N) is 2. The molecule has 0 spiro atoms. The SMILES string of the molecule is C=CC=O.CC.CCCOCNc1cccc(C/C=N/Nc2cnn(CCC)c2)c1. The molecular formula is C23H37N5O2. The van der Waals surface area contributed by atoms with Gasteiger partial charge in [0.25, 0.3) is 0 Å². The summed E-state index contributed by atoms with van der Waals surface area (Å²) in [4.78, 5) is 9.06. The van der Waals surface area contributed by atoms with Gasteiger partial charge in [-0.2, -0.15) is 10.2 Å². The van der Waals surface area contributed by atoms with E-state index < -0.39 is 0 Å². The van der Waals surface area contributed by atoms with Gasteiger partial charge in [-0.15, -0.1) is 0 Å². The number of ether oxygens (including phenoxy) is 1. The Hall–Kier alpha value is -2.93. The van der Waals surface area contributed by atoms with Gasteiger partial charge in [0.15, 0.2) is 0 Å². The van der Waals surface area contributed by atoms with Gasteiger partial charge in [-0.05, 0) is 36.6 Å². The van der Waals surface area contributed by atoms with Crippen LogP contribution < -0.4 is 10.7 Å². The summed E-state index contributed by atoms with van der Waals surface area (Å²) >= 11 is 0. The van der Waals surface area contributed by atoms with Crippen molar-refractivity contribution in [1.82, 2.24) is 9.78 Å². The minimum Gasteiger partial charge on any atom is -0.363 e. The molecule has 0 radical (unpaired) electrons. The van der Waals surface area contributed by atoms with E-state index in [0.717, 1.165) is 43.8 Å². The Labute approximate surface area is 181 Å². The average molecular weight is 416 g/mol. The maximum atomic E-state index is 9.06. The van der Waals surface area contributed by atoms with Crippen LogP contribution in [0.5, 0.6) is 0 Å². The Balaban J connectivity index is 0.00000125. The number of aromatic nitrogens is 2. The van der Waals surface area contributed by atoms with Crippen LogP contribution in [-0.4, -0.2) is 35.6 Å². The molecule has 0 atom stereocenters. The highest BCUT2D eigenvalue weighted by molar-refractivity contribution is 5.64. The van der Waals surface area contributed by atoms with Crippen molar-refractivity contribution in [2.45, 2.75) is 53.5 Å². The van der Waals surface area contributed by atoms with Crippen LogP contribution in [0, 0.1) is 0 Å². The number of hydrogen-bond acceptors (Lipinski definition) is 6. The molecule has 7 nitrogen and oxygen atoms in total. The molecule has 2 N–H and O–H groups in total. The number of rotatable bonds is 12. The fraction of sp³-hybridized carbons (Fsp3) is 0.435. The molecule has 1 aromatic carbocycles. The first-order valence-electron chi connectivity index (χ1n) is 10.5. The number of aldehydes is 1. The number of benzene rings is 1. The summed E-state index contributed by atoms with van der Waals surface area (Å²) in [7, 11) is 0. The maximum Gasteiger partial charge on any atom is 0.142 e. The van der Waals surface area contributed by atoms with E-state index in [4.69, 9.17) is 9.53 Å². The molecule has 2 aromatic rings. The molecule has 0 saturated heterocycles. The molecule has 1 aromatic heterocycles. The van der Waals surface area contributed by atoms with E-state index in [1.54, 1.807) is 6.20 Å². The highest BCUT2D eigenvalue weighted by Gasteiger charge is 1.96. The van der Waals surface area contributed by atoms with Crippen LogP contribution in [0.15, 0.2) is 54.4 Å². The Morgan fingerprint density at radius 2 is 2.00 bits per heavy atom. The van der Waals surface area contributed by atoms with Crippen LogP contribution in [0.3, 0.4) is 0 Å². The standard InChI is InChI=1S/C18H27N5O.C3H4O.C2H6/c1-3-10-23-14-18(13-21-23)22-20-9-8-16-6-5-7-17(12-16)19-15-24-11-4-2;1-2-3-4;1-2/h5-7,9,12-14,19,22H,3-4,8,10-11,15H2,1-2H3;2-3H,1H2;1-2H3/b20-9+;;. The molecule has 0 saturated carbocycles. The van der Waals surface area contributed by atoms with E-state index in [1.165, 1.54) is 11.6 Å². The predicted molar refractivity (Wildman–Crippen MR) is 127 cm³/mol. The van der Waals surface area contributed by atoms with Gasteiger partial charge in [0, 0.05) is 37.7 Å². The monoisotopic (exact) mass is 415 g/mol. The predicted octanol–water partition coefficient (Wildman–Crippen LogP) is 5.13. The molecule has 0 aliphatic rings. The molecule has 166 valence electrons. The minimum atomic E-state index is 0.536. The quantitative estimate of drug-likeness (QED) is 0.125. The molecule has 0 fully saturated rings. The van der Waals surface area contributed by atoms with Crippen molar-refractivity contribution < 1.29 is 9.53 Å². The third-order valence-electron chi connectivity index (χ3n) is 3.45. The van der Waals surface area contributed by atoms with Crippen molar-refractivity contribution in [3.8, 4) is 0 Å². The van der Waals surface area contributed by atoms with Crippen molar-refractivity contribution in [3.05, 3.63) is 54.9 Å². The lowest BCUT2D eigenvalue weighted by molar-refractivity contribution is -0.104. The van der Waals surface area contributed by atoms with Crippen LogP contribution in [0.25, 0.3) is 0 Å². The summed E-state index contributed by atoms with van der Waals surface area (Å²) in [6, 6.07) is 8.27. The van der Waals surface area contributed by atoms with Crippen molar-refractivity contribution in [2.24, 2.45) is 5.10 Å². The normalized spacial score (nSPS) is 9.73. The first-order valence-corrected chi connectivity index (χ1v) is 10.5. The van der Waals surface area contributed by atoms with Crippen LogP contribution in [-0.2, 0) is 22.5 Å². The molecule has 0 aliphatic heterocycles. The summed E-state index contributed by atoms with van der Waals surface area (Å²) < 4.78 is 7.35. The molecular weight excluding hydrogens is 378 g/mol. The van der Waals surface area contributed by atoms with Gasteiger partial charge in [0.2, 0.25) is 0 Å². The summed E-state index contributed by atoms with van der Waals surface area (Å²) in [5.74, 6) is 0. The molecule has 0 amide bonds. The summed E-state index contributed by atoms with van der Waals surface area (Å²) in [6.07, 6.45) is 10.3. The zero-order valence-electron chi connectivity index (χ0n) is 18.8. The summed E-state index contributed by atoms with van der Waals surface area (Å²) in [5, 5.41) is 11.8. The Morgan fingerprint density at radius 1 is 1.23 bits per heavy atom. The summed E-state index contributed by atoms with van der Waals surface area (Å²) in [6.45, 7) is 13.6. The molecule has 1 heterocycles. The molecule has 7 heteroatoms. The smallest absolute Gasteiger partial charge is 0.142 e. The fourth-order valence-corrected chi connectivity index (χ4v) is 2.20. The lowest BCUT2D eigenvalue weighted by Gasteiger charge is -2.08. The van der Waals surface area contributed by atoms with Crippen LogP contribution in [0.4, 0.5) is 11.4 Å². The summed E-state index contributed by atoms with van der Waals surface area (Å²) in [5.41, 5.74) is 6.17. The zero-order valence-corrected chi connectivity index (χ0v) is 18.8. The third-order valence-corrected chi connectivity index (χ3v) is 3.45. The van der Waals surface area contributed by atoms with Gasteiger partial charge >= 0.3 is 0 Å². The average Bonchev–Trinajstić information content (AvgIpc) is 3.24. The van der Waals surface area contributed by atoms with Gasteiger partial charge in [-0.25, -0.2) is 0 Å². The number of carbonyl (C=O) groups is 1. The number of aryl methyl sites for hydroxylation is 1. The number of anilines is 2. The first-order chi connectivity index (χ1) is 14.7. The zero-order chi connectivity index (χ0) is 22.5. The molecule has 30 heavy (non-hydrogen) atoms. The van der Waals surface area contributed by atoms with E-state index in [9.17, 15) is 0 Å². The second kappa shape index (κ2) is 19.4. The Kier molecular flexibility index (Phi) is 17.5.